The maximum absolute atomic E-state index is 2.52. The van der Waals surface area contributed by atoms with Crippen molar-refractivity contribution in [3.05, 3.63) is 163 Å². The quantitative estimate of drug-likeness (QED) is 0.216. The highest BCUT2D eigenvalue weighted by molar-refractivity contribution is 6.09. The van der Waals surface area contributed by atoms with Crippen LogP contribution in [0.2, 0.25) is 0 Å². The molecule has 0 aromatic heterocycles. The topological polar surface area (TPSA) is 3.24 Å². The summed E-state index contributed by atoms with van der Waals surface area (Å²) in [4.78, 5) is 2.52. The minimum atomic E-state index is -0.0853. The summed E-state index contributed by atoms with van der Waals surface area (Å²) < 4.78 is 0. The molecule has 0 unspecified atom stereocenters. The molecule has 0 atom stereocenters. The van der Waals surface area contributed by atoms with Crippen molar-refractivity contribution in [2.45, 2.75) is 19.3 Å². The Morgan fingerprint density at radius 1 is 0.405 bits per heavy atom. The van der Waals surface area contributed by atoms with Gasteiger partial charge in [-0.1, -0.05) is 147 Å². The fourth-order valence-corrected chi connectivity index (χ4v) is 7.07. The zero-order valence-corrected chi connectivity index (χ0v) is 23.9. The van der Waals surface area contributed by atoms with E-state index < -0.39 is 0 Å². The molecule has 1 nitrogen and oxygen atoms in total. The van der Waals surface area contributed by atoms with E-state index in [4.69, 9.17) is 0 Å². The van der Waals surface area contributed by atoms with Crippen LogP contribution in [0.15, 0.2) is 152 Å². The van der Waals surface area contributed by atoms with Crippen LogP contribution in [0.1, 0.15) is 25.0 Å². The van der Waals surface area contributed by atoms with Crippen LogP contribution in [0.25, 0.3) is 43.8 Å². The Labute approximate surface area is 247 Å². The van der Waals surface area contributed by atoms with Gasteiger partial charge in [-0.15, -0.1) is 0 Å². The highest BCUT2D eigenvalue weighted by Crippen LogP contribution is 2.55. The van der Waals surface area contributed by atoms with Gasteiger partial charge in [0.05, 0.1) is 17.1 Å². The Kier molecular flexibility index (Phi) is 5.55. The van der Waals surface area contributed by atoms with Crippen LogP contribution in [0.3, 0.4) is 0 Å². The molecule has 0 bridgehead atoms. The van der Waals surface area contributed by atoms with Crippen LogP contribution < -0.4 is 4.90 Å². The summed E-state index contributed by atoms with van der Waals surface area (Å²) in [6.07, 6.45) is 0. The van der Waals surface area contributed by atoms with Gasteiger partial charge in [-0.2, -0.15) is 0 Å². The second-order valence-corrected chi connectivity index (χ2v) is 11.8. The molecule has 1 aliphatic rings. The summed E-state index contributed by atoms with van der Waals surface area (Å²) in [5, 5.41) is 4.95. The number of hydrogen-bond acceptors (Lipinski definition) is 1. The van der Waals surface area contributed by atoms with Gasteiger partial charge in [0.2, 0.25) is 0 Å². The van der Waals surface area contributed by atoms with Crippen molar-refractivity contribution >= 4 is 38.6 Å². The Morgan fingerprint density at radius 3 is 1.81 bits per heavy atom. The van der Waals surface area contributed by atoms with E-state index in [1.54, 1.807) is 0 Å². The van der Waals surface area contributed by atoms with Crippen molar-refractivity contribution in [1.29, 1.82) is 0 Å². The molecule has 0 saturated heterocycles. The molecule has 1 heteroatoms. The molecule has 0 saturated carbocycles. The lowest BCUT2D eigenvalue weighted by molar-refractivity contribution is 0.660. The van der Waals surface area contributed by atoms with Crippen molar-refractivity contribution in [2.24, 2.45) is 0 Å². The van der Waals surface area contributed by atoms with Gasteiger partial charge in [-0.25, -0.2) is 0 Å². The highest BCUT2D eigenvalue weighted by atomic mass is 15.1. The van der Waals surface area contributed by atoms with E-state index >= 15 is 0 Å². The maximum Gasteiger partial charge on any atom is 0.0547 e. The minimum Gasteiger partial charge on any atom is -0.309 e. The fraction of sp³-hybridized carbons (Fsp3) is 0.0732. The molecule has 0 N–H and O–H groups in total. The largest absolute Gasteiger partial charge is 0.309 e. The molecule has 1 aliphatic carbocycles. The van der Waals surface area contributed by atoms with Crippen molar-refractivity contribution in [1.82, 2.24) is 0 Å². The van der Waals surface area contributed by atoms with Crippen LogP contribution in [-0.2, 0) is 5.41 Å². The number of fused-ring (bicyclic) bond motifs is 5. The summed E-state index contributed by atoms with van der Waals surface area (Å²) in [6, 6.07) is 55.4. The first-order valence-corrected chi connectivity index (χ1v) is 14.7. The second-order valence-electron chi connectivity index (χ2n) is 11.8. The Balaban J connectivity index is 1.53. The lowest BCUT2D eigenvalue weighted by atomic mass is 9.82. The first kappa shape index (κ1) is 24.6. The predicted octanol–water partition coefficient (Wildman–Crippen LogP) is 11.4. The van der Waals surface area contributed by atoms with E-state index in [0.717, 1.165) is 0 Å². The molecule has 8 rings (SSSR count). The molecule has 0 aliphatic heterocycles. The molecule has 200 valence electrons. The third kappa shape index (κ3) is 3.63. The van der Waals surface area contributed by atoms with Crippen molar-refractivity contribution in [3.8, 4) is 22.3 Å². The van der Waals surface area contributed by atoms with E-state index in [0.29, 0.717) is 0 Å². The van der Waals surface area contributed by atoms with Crippen LogP contribution in [0.4, 0.5) is 17.1 Å². The van der Waals surface area contributed by atoms with Gasteiger partial charge < -0.3 is 4.90 Å². The van der Waals surface area contributed by atoms with Crippen LogP contribution in [0, 0.1) is 0 Å². The molecule has 0 fully saturated rings. The van der Waals surface area contributed by atoms with E-state index in [2.05, 4.69) is 170 Å². The number of benzene rings is 7. The first-order chi connectivity index (χ1) is 20.6. The smallest absolute Gasteiger partial charge is 0.0547 e. The predicted molar refractivity (Wildman–Crippen MR) is 179 cm³/mol. The van der Waals surface area contributed by atoms with Gasteiger partial charge >= 0.3 is 0 Å². The third-order valence-electron chi connectivity index (χ3n) is 9.04. The number of anilines is 3. The molecule has 0 spiro atoms. The lowest BCUT2D eigenvalue weighted by Crippen LogP contribution is -2.16. The van der Waals surface area contributed by atoms with Gasteiger partial charge in [0.25, 0.3) is 0 Å². The summed E-state index contributed by atoms with van der Waals surface area (Å²) in [5.41, 5.74) is 11.3. The van der Waals surface area contributed by atoms with E-state index in [1.807, 2.05) is 0 Å². The number of nitrogens with zero attached hydrogens (tertiary/aromatic N) is 1. The summed E-state index contributed by atoms with van der Waals surface area (Å²) in [6.45, 7) is 4.71. The Hall–Kier alpha value is -5.14. The van der Waals surface area contributed by atoms with Crippen molar-refractivity contribution in [3.63, 3.8) is 0 Å². The molecule has 0 heterocycles. The molecule has 7 aromatic rings. The van der Waals surface area contributed by atoms with Crippen molar-refractivity contribution < 1.29 is 0 Å². The van der Waals surface area contributed by atoms with Gasteiger partial charge in [0.1, 0.15) is 0 Å². The summed E-state index contributed by atoms with van der Waals surface area (Å²) >= 11 is 0. The van der Waals surface area contributed by atoms with Gasteiger partial charge in [0.15, 0.2) is 0 Å². The molecule has 0 radical (unpaired) electrons. The molecular formula is C41H31N. The van der Waals surface area contributed by atoms with E-state index in [1.165, 1.54) is 72.0 Å². The minimum absolute atomic E-state index is 0.0853. The van der Waals surface area contributed by atoms with Crippen LogP contribution in [-0.4, -0.2) is 0 Å². The van der Waals surface area contributed by atoms with Crippen LogP contribution >= 0.6 is 0 Å². The molecule has 42 heavy (non-hydrogen) atoms. The lowest BCUT2D eigenvalue weighted by Gasteiger charge is -2.32. The average Bonchev–Trinajstić information content (AvgIpc) is 3.28. The van der Waals surface area contributed by atoms with Crippen LogP contribution in [0.5, 0.6) is 0 Å². The molecular weight excluding hydrogens is 506 g/mol. The summed E-state index contributed by atoms with van der Waals surface area (Å²) in [5.74, 6) is 0. The fourth-order valence-electron chi connectivity index (χ4n) is 7.07. The monoisotopic (exact) mass is 537 g/mol. The van der Waals surface area contributed by atoms with Crippen molar-refractivity contribution in [2.75, 3.05) is 4.90 Å². The molecule has 0 amide bonds. The third-order valence-corrected chi connectivity index (χ3v) is 9.04. The van der Waals surface area contributed by atoms with E-state index in [9.17, 15) is 0 Å². The summed E-state index contributed by atoms with van der Waals surface area (Å²) in [7, 11) is 0. The van der Waals surface area contributed by atoms with E-state index in [-0.39, 0.29) is 5.41 Å². The molecule has 7 aromatic carbocycles. The normalized spacial score (nSPS) is 13.2. The highest BCUT2D eigenvalue weighted by Gasteiger charge is 2.38. The Morgan fingerprint density at radius 2 is 0.976 bits per heavy atom. The van der Waals surface area contributed by atoms with Gasteiger partial charge in [-0.05, 0) is 56.6 Å². The van der Waals surface area contributed by atoms with Gasteiger partial charge in [0, 0.05) is 21.9 Å². The zero-order chi connectivity index (χ0) is 28.3. The standard InChI is InChI=1S/C41H31N/c1-41(2)34-22-11-10-21-33(34)40-35(41)23-13-25-37(40)42(36-24-12-18-28-14-6-8-19-31(28)36)38-27-26-29-15-7-9-20-32(29)39(38)30-16-4-3-5-17-30/h3-27H,1-2H3. The SMILES string of the molecule is CC1(C)c2ccccc2-c2c(N(c3ccc4ccccc4c3-c3ccccc3)c3cccc4ccccc34)cccc21. The van der Waals surface area contributed by atoms with Gasteiger partial charge in [-0.3, -0.25) is 0 Å². The maximum atomic E-state index is 2.52. The number of rotatable bonds is 4. The average molecular weight is 538 g/mol. The number of hydrogen-bond donors (Lipinski definition) is 0. The zero-order valence-electron chi connectivity index (χ0n) is 23.9. The first-order valence-electron chi connectivity index (χ1n) is 14.7. The second kappa shape index (κ2) is 9.46. The Bertz CT molecular complexity index is 2110.